The molecule has 0 aliphatic heterocycles. The second-order valence-electron chi connectivity index (χ2n) is 4.88. The third-order valence-electron chi connectivity index (χ3n) is 2.76. The molecule has 0 spiro atoms. The van der Waals surface area contributed by atoms with Crippen LogP contribution in [0.1, 0.15) is 15.8 Å². The van der Waals surface area contributed by atoms with Crippen molar-refractivity contribution in [3.05, 3.63) is 40.6 Å². The molecule has 1 unspecified atom stereocenters. The summed E-state index contributed by atoms with van der Waals surface area (Å²) in [6.07, 6.45) is 2.41. The fourth-order valence-electron chi connectivity index (χ4n) is 1.93. The summed E-state index contributed by atoms with van der Waals surface area (Å²) >= 11 is 2.83. The molecule has 0 amide bonds. The Morgan fingerprint density at radius 3 is 2.00 bits per heavy atom. The van der Waals surface area contributed by atoms with Crippen molar-refractivity contribution in [2.24, 2.45) is 0 Å². The van der Waals surface area contributed by atoms with Crippen LogP contribution in [0.15, 0.2) is 29.5 Å². The third kappa shape index (κ3) is 4.05. The van der Waals surface area contributed by atoms with Crippen LogP contribution in [-0.2, 0) is 17.4 Å². The molecule has 1 aliphatic carbocycles. The quantitative estimate of drug-likeness (QED) is 0.639. The largest absolute Gasteiger partial charge is 0.147 e. The Morgan fingerprint density at radius 2 is 1.53 bits per heavy atom. The summed E-state index contributed by atoms with van der Waals surface area (Å²) < 4.78 is 0.588. The van der Waals surface area contributed by atoms with Gasteiger partial charge in [0.25, 0.3) is 0 Å². The predicted octanol–water partition coefficient (Wildman–Crippen LogP) is 4.81. The van der Waals surface area contributed by atoms with Crippen molar-refractivity contribution < 1.29 is 17.4 Å². The van der Waals surface area contributed by atoms with E-state index in [0.717, 1.165) is 0 Å². The molecule has 5 heteroatoms. The van der Waals surface area contributed by atoms with E-state index < -0.39 is 8.07 Å². The van der Waals surface area contributed by atoms with E-state index in [2.05, 4.69) is 67.4 Å². The zero-order valence-electron chi connectivity index (χ0n) is 10.1. The van der Waals surface area contributed by atoms with Gasteiger partial charge in [-0.15, -0.1) is 37.2 Å². The zero-order valence-corrected chi connectivity index (χ0v) is 15.0. The molecule has 96 valence electrons. The van der Waals surface area contributed by atoms with Gasteiger partial charge in [-0.25, -0.2) is 0 Å². The van der Waals surface area contributed by atoms with Gasteiger partial charge in [0.15, 0.2) is 0 Å². The van der Waals surface area contributed by atoms with Crippen LogP contribution in [-0.4, -0.2) is 8.07 Å². The Balaban J connectivity index is 0. The smallest absolute Gasteiger partial charge is 0.147 e. The molecule has 0 saturated carbocycles. The van der Waals surface area contributed by atoms with E-state index in [4.69, 9.17) is 0 Å². The minimum atomic E-state index is -1.14. The molecule has 0 radical (unpaired) electrons. The standard InChI is InChI=1S/C12H15Si.3ClH.V/c1-13(2,3)12-8-10-6-4-5-7-11(10)9-12;;;;/h4-9H,1-3H3;3*1H;. The first-order valence-corrected chi connectivity index (χ1v) is 9.30. The second kappa shape index (κ2) is 7.28. The Morgan fingerprint density at radius 1 is 1.00 bits per heavy atom. The number of halogens is 3. The first-order valence-electron chi connectivity index (χ1n) is 4.99. The van der Waals surface area contributed by atoms with E-state index in [9.17, 15) is 0 Å². The summed E-state index contributed by atoms with van der Waals surface area (Å²) in [5, 5.41) is 1.67. The molecule has 0 aromatic heterocycles. The third-order valence-corrected chi connectivity index (χ3v) is 6.18. The first kappa shape index (κ1) is 20.0. The molecular formula is C12H18Cl3SiV. The van der Waals surface area contributed by atoms with E-state index in [-0.39, 0.29) is 37.2 Å². The summed E-state index contributed by atoms with van der Waals surface area (Å²) in [7, 11) is -1.14. The van der Waals surface area contributed by atoms with Gasteiger partial charge >= 0.3 is 96.4 Å². The van der Waals surface area contributed by atoms with E-state index in [1.807, 2.05) is 0 Å². The normalized spacial score (nSPS) is 16.9. The number of fused-ring (bicyclic) bond motifs is 1. The van der Waals surface area contributed by atoms with E-state index in [1.165, 1.54) is 11.1 Å². The Bertz CT molecular complexity index is 399. The SMILES string of the molecule is C[Si](C)(C)C1=Cc2ccccc2[CH]1[V].Cl.Cl.Cl. The molecule has 1 aromatic rings. The minimum absolute atomic E-state index is 0. The van der Waals surface area contributed by atoms with Gasteiger partial charge in [-0.1, -0.05) is 0 Å². The summed E-state index contributed by atoms with van der Waals surface area (Å²) in [5.74, 6) is 0. The van der Waals surface area contributed by atoms with Gasteiger partial charge in [0, 0.05) is 0 Å². The van der Waals surface area contributed by atoms with Gasteiger partial charge in [0.2, 0.25) is 0 Å². The van der Waals surface area contributed by atoms with Crippen LogP contribution < -0.4 is 0 Å². The fraction of sp³-hybridized carbons (Fsp3) is 0.333. The minimum Gasteiger partial charge on any atom is -0.147 e. The first-order chi connectivity index (χ1) is 6.50. The molecule has 0 nitrogen and oxygen atoms in total. The molecule has 0 saturated heterocycles. The Hall–Kier alpha value is 0.631. The maximum absolute atomic E-state index is 2.83. The van der Waals surface area contributed by atoms with Gasteiger partial charge in [0.1, 0.15) is 0 Å². The molecule has 17 heavy (non-hydrogen) atoms. The Kier molecular flexibility index (Phi) is 8.54. The molecule has 1 atom stereocenters. The number of hydrogen-bond acceptors (Lipinski definition) is 0. The van der Waals surface area contributed by atoms with Gasteiger partial charge in [-0.2, -0.15) is 0 Å². The van der Waals surface area contributed by atoms with Crippen LogP contribution in [0.3, 0.4) is 0 Å². The van der Waals surface area contributed by atoms with Gasteiger partial charge < -0.3 is 0 Å². The van der Waals surface area contributed by atoms with Crippen LogP contribution in [0, 0.1) is 0 Å². The summed E-state index contributed by atoms with van der Waals surface area (Å²) in [6, 6.07) is 8.74. The van der Waals surface area contributed by atoms with Crippen molar-refractivity contribution in [2.45, 2.75) is 24.3 Å². The summed E-state index contributed by atoms with van der Waals surface area (Å²) in [6.45, 7) is 7.27. The van der Waals surface area contributed by atoms with Crippen molar-refractivity contribution in [1.82, 2.24) is 0 Å². The number of rotatable bonds is 1. The molecule has 2 rings (SSSR count). The summed E-state index contributed by atoms with van der Waals surface area (Å²) in [4.78, 5) is 0. The zero-order chi connectivity index (χ0) is 10.3. The van der Waals surface area contributed by atoms with E-state index in [0.29, 0.717) is 4.63 Å². The monoisotopic (exact) mass is 346 g/mol. The van der Waals surface area contributed by atoms with Crippen molar-refractivity contribution >= 4 is 51.4 Å². The second-order valence-corrected chi connectivity index (χ2v) is 10.8. The summed E-state index contributed by atoms with van der Waals surface area (Å²) in [5.41, 5.74) is 2.92. The molecular weight excluding hydrogens is 330 g/mol. The van der Waals surface area contributed by atoms with Gasteiger partial charge in [0.05, 0.1) is 0 Å². The van der Waals surface area contributed by atoms with Crippen molar-refractivity contribution in [1.29, 1.82) is 0 Å². The topological polar surface area (TPSA) is 0 Å². The van der Waals surface area contributed by atoms with Crippen LogP contribution in [0.2, 0.25) is 19.6 Å². The van der Waals surface area contributed by atoms with Gasteiger partial charge in [-0.05, 0) is 0 Å². The maximum Gasteiger partial charge on any atom is -0.147 e. The fourth-order valence-corrected chi connectivity index (χ4v) is 5.79. The van der Waals surface area contributed by atoms with E-state index >= 15 is 0 Å². The average Bonchev–Trinajstić information content (AvgIpc) is 2.44. The molecule has 1 aliphatic rings. The van der Waals surface area contributed by atoms with Crippen LogP contribution in [0.4, 0.5) is 0 Å². The molecule has 0 bridgehead atoms. The predicted molar refractivity (Wildman–Crippen MR) is 82.3 cm³/mol. The number of allylic oxidation sites excluding steroid dienone is 1. The average molecular weight is 348 g/mol. The molecule has 0 fully saturated rings. The van der Waals surface area contributed by atoms with Crippen LogP contribution in [0.25, 0.3) is 6.08 Å². The molecule has 1 aromatic carbocycles. The van der Waals surface area contributed by atoms with Crippen molar-refractivity contribution in [3.8, 4) is 0 Å². The van der Waals surface area contributed by atoms with E-state index in [1.54, 1.807) is 5.20 Å². The molecule has 0 N–H and O–H groups in total. The number of benzene rings is 1. The van der Waals surface area contributed by atoms with Gasteiger partial charge in [-0.3, -0.25) is 0 Å². The Labute approximate surface area is 133 Å². The maximum atomic E-state index is 2.83. The van der Waals surface area contributed by atoms with Crippen molar-refractivity contribution in [2.75, 3.05) is 0 Å². The molecule has 0 heterocycles. The van der Waals surface area contributed by atoms with Crippen LogP contribution >= 0.6 is 37.2 Å². The van der Waals surface area contributed by atoms with Crippen LogP contribution in [0.5, 0.6) is 0 Å². The number of hydrogen-bond donors (Lipinski definition) is 0. The van der Waals surface area contributed by atoms with Crippen molar-refractivity contribution in [3.63, 3.8) is 0 Å².